The first-order valence-corrected chi connectivity index (χ1v) is 11.7. The molecule has 0 spiro atoms. The molecule has 10 heteroatoms. The molecule has 7 nitrogen and oxygen atoms in total. The van der Waals surface area contributed by atoms with Gasteiger partial charge in [-0.15, -0.1) is 0 Å². The van der Waals surface area contributed by atoms with Crippen molar-refractivity contribution in [2.45, 2.75) is 33.4 Å². The number of ether oxygens (including phenoxy) is 1. The van der Waals surface area contributed by atoms with Gasteiger partial charge in [-0.1, -0.05) is 0 Å². The van der Waals surface area contributed by atoms with Crippen LogP contribution in [0.5, 0.6) is 0 Å². The summed E-state index contributed by atoms with van der Waals surface area (Å²) < 4.78 is 48.1. The van der Waals surface area contributed by atoms with Gasteiger partial charge in [-0.3, -0.25) is 9.48 Å². The van der Waals surface area contributed by atoms with Gasteiger partial charge in [-0.25, -0.2) is 0 Å². The molecule has 2 aromatic rings. The van der Waals surface area contributed by atoms with E-state index < -0.39 is 11.7 Å². The highest BCUT2D eigenvalue weighted by Crippen LogP contribution is 2.45. The Hall–Kier alpha value is -3.06. The normalized spacial score (nSPS) is 22.3. The summed E-state index contributed by atoms with van der Waals surface area (Å²) >= 11 is 0. The number of nitriles is 1. The smallest absolute Gasteiger partial charge is 0.381 e. The van der Waals surface area contributed by atoms with E-state index in [-0.39, 0.29) is 22.8 Å². The number of hydrogen-bond donors (Lipinski definition) is 0. The first-order valence-electron chi connectivity index (χ1n) is 11.7. The summed E-state index contributed by atoms with van der Waals surface area (Å²) in [5, 5.41) is 13.5. The van der Waals surface area contributed by atoms with Crippen LogP contribution in [0.4, 0.5) is 18.9 Å². The van der Waals surface area contributed by atoms with E-state index in [0.29, 0.717) is 62.8 Å². The highest BCUT2D eigenvalue weighted by molar-refractivity contribution is 5.96. The van der Waals surface area contributed by atoms with E-state index in [0.717, 1.165) is 11.8 Å². The van der Waals surface area contributed by atoms with Crippen molar-refractivity contribution in [1.82, 2.24) is 14.7 Å². The lowest BCUT2D eigenvalue weighted by Crippen LogP contribution is -2.49. The minimum absolute atomic E-state index is 0.0361. The Morgan fingerprint density at radius 1 is 1.31 bits per heavy atom. The van der Waals surface area contributed by atoms with Crippen molar-refractivity contribution < 1.29 is 22.7 Å². The number of fused-ring (bicyclic) bond motifs is 1. The number of amides is 1. The number of rotatable bonds is 5. The number of anilines is 1. The third kappa shape index (κ3) is 4.49. The van der Waals surface area contributed by atoms with Crippen LogP contribution in [0.25, 0.3) is 0 Å². The van der Waals surface area contributed by atoms with Crippen LogP contribution in [-0.2, 0) is 18.0 Å². The second-order valence-electron chi connectivity index (χ2n) is 9.59. The summed E-state index contributed by atoms with van der Waals surface area (Å²) in [6.07, 6.45) is -3.92. The zero-order chi connectivity index (χ0) is 25.5. The van der Waals surface area contributed by atoms with Crippen LogP contribution >= 0.6 is 0 Å². The first-order chi connectivity index (χ1) is 16.5. The maximum absolute atomic E-state index is 13.5. The van der Waals surface area contributed by atoms with Crippen molar-refractivity contribution in [2.24, 2.45) is 18.4 Å². The molecule has 0 aliphatic carbocycles. The van der Waals surface area contributed by atoms with Gasteiger partial charge >= 0.3 is 6.18 Å². The number of hydrogen-bond acceptors (Lipinski definition) is 5. The van der Waals surface area contributed by atoms with Gasteiger partial charge in [-0.2, -0.15) is 23.5 Å². The van der Waals surface area contributed by atoms with E-state index in [9.17, 15) is 18.0 Å². The summed E-state index contributed by atoms with van der Waals surface area (Å²) in [6.45, 7) is 8.76. The molecular formula is C25H30F3N5O2. The van der Waals surface area contributed by atoms with Gasteiger partial charge in [0.1, 0.15) is 0 Å². The number of carbonyl (C=O) groups is 1. The fraction of sp³-hybridized carbons (Fsp3) is 0.560. The third-order valence-electron chi connectivity index (χ3n) is 7.53. The summed E-state index contributed by atoms with van der Waals surface area (Å²) in [6, 6.07) is 5.51. The Labute approximate surface area is 203 Å². The van der Waals surface area contributed by atoms with E-state index in [1.807, 2.05) is 37.6 Å². The molecule has 2 fully saturated rings. The molecule has 1 aromatic heterocycles. The molecule has 1 aromatic carbocycles. The standard InChI is InChI=1S/C25H30F3N5O2/c1-5-35-15-24-8-9-32(20-7-6-18(11-29)21(10-20)25(26,27)28)12-19(24)13-33(14-24)23(34)22-16(2)30-31(4)17(22)3/h6-7,10,19H,5,8-9,12-15H2,1-4H3/t19-,24+/m1/s1. The Balaban J connectivity index is 1.61. The van der Waals surface area contributed by atoms with Crippen molar-refractivity contribution in [3.8, 4) is 6.07 Å². The molecule has 35 heavy (non-hydrogen) atoms. The molecule has 2 saturated heterocycles. The molecule has 4 rings (SSSR count). The van der Waals surface area contributed by atoms with Crippen LogP contribution in [0, 0.1) is 36.5 Å². The summed E-state index contributed by atoms with van der Waals surface area (Å²) in [4.78, 5) is 17.3. The minimum Gasteiger partial charge on any atom is -0.381 e. The van der Waals surface area contributed by atoms with Gasteiger partial charge < -0.3 is 14.5 Å². The fourth-order valence-corrected chi connectivity index (χ4v) is 5.52. The zero-order valence-corrected chi connectivity index (χ0v) is 20.4. The number of alkyl halides is 3. The van der Waals surface area contributed by atoms with Gasteiger partial charge in [0, 0.05) is 62.5 Å². The van der Waals surface area contributed by atoms with Crippen LogP contribution < -0.4 is 4.90 Å². The van der Waals surface area contributed by atoms with Gasteiger partial charge in [-0.05, 0) is 45.4 Å². The zero-order valence-electron chi connectivity index (χ0n) is 20.4. The van der Waals surface area contributed by atoms with Crippen LogP contribution in [0.2, 0.25) is 0 Å². The van der Waals surface area contributed by atoms with E-state index in [1.54, 1.807) is 16.8 Å². The molecule has 0 bridgehead atoms. The lowest BCUT2D eigenvalue weighted by molar-refractivity contribution is -0.137. The van der Waals surface area contributed by atoms with Crippen molar-refractivity contribution in [3.63, 3.8) is 0 Å². The number of benzene rings is 1. The molecule has 2 aliphatic heterocycles. The number of aryl methyl sites for hydroxylation is 2. The average Bonchev–Trinajstić information content (AvgIpc) is 3.32. The van der Waals surface area contributed by atoms with Crippen LogP contribution in [-0.4, -0.2) is 60.0 Å². The van der Waals surface area contributed by atoms with Gasteiger partial charge in [0.2, 0.25) is 0 Å². The lowest BCUT2D eigenvalue weighted by Gasteiger charge is -2.44. The molecule has 1 amide bonds. The highest BCUT2D eigenvalue weighted by Gasteiger charge is 2.51. The van der Waals surface area contributed by atoms with Crippen molar-refractivity contribution in [2.75, 3.05) is 44.3 Å². The molecule has 0 saturated carbocycles. The quantitative estimate of drug-likeness (QED) is 0.636. The Morgan fingerprint density at radius 3 is 2.66 bits per heavy atom. The molecule has 3 heterocycles. The SMILES string of the molecule is CCOC[C@@]12CCN(c3ccc(C#N)c(C(F)(F)F)c3)C[C@@H]1CN(C(=O)c1c(C)nn(C)c1C)C2. The topological polar surface area (TPSA) is 74.4 Å². The number of halogens is 3. The molecule has 188 valence electrons. The number of piperidine rings is 1. The number of carbonyl (C=O) groups excluding carboxylic acids is 1. The largest absolute Gasteiger partial charge is 0.417 e. The Morgan fingerprint density at radius 2 is 2.06 bits per heavy atom. The maximum Gasteiger partial charge on any atom is 0.417 e. The number of likely N-dealkylation sites (tertiary alicyclic amines) is 1. The van der Waals surface area contributed by atoms with Crippen LogP contribution in [0.3, 0.4) is 0 Å². The molecular weight excluding hydrogens is 459 g/mol. The summed E-state index contributed by atoms with van der Waals surface area (Å²) in [5.74, 6) is -0.0309. The van der Waals surface area contributed by atoms with Gasteiger partial charge in [0.15, 0.2) is 0 Å². The minimum atomic E-state index is -4.61. The van der Waals surface area contributed by atoms with E-state index in [2.05, 4.69) is 5.10 Å². The summed E-state index contributed by atoms with van der Waals surface area (Å²) in [5.41, 5.74) is 0.966. The lowest BCUT2D eigenvalue weighted by atomic mass is 9.73. The molecule has 0 unspecified atom stereocenters. The fourth-order valence-electron chi connectivity index (χ4n) is 5.52. The van der Waals surface area contributed by atoms with Gasteiger partial charge in [0.05, 0.1) is 35.1 Å². The van der Waals surface area contributed by atoms with Crippen LogP contribution in [0.15, 0.2) is 18.2 Å². The monoisotopic (exact) mass is 489 g/mol. The maximum atomic E-state index is 13.5. The van der Waals surface area contributed by atoms with E-state index >= 15 is 0 Å². The molecule has 0 N–H and O–H groups in total. The predicted molar refractivity (Wildman–Crippen MR) is 124 cm³/mol. The van der Waals surface area contributed by atoms with E-state index in [4.69, 9.17) is 10.00 Å². The summed E-state index contributed by atoms with van der Waals surface area (Å²) in [7, 11) is 1.81. The second kappa shape index (κ2) is 9.19. The van der Waals surface area contributed by atoms with Crippen molar-refractivity contribution in [1.29, 1.82) is 5.26 Å². The predicted octanol–water partition coefficient (Wildman–Crippen LogP) is 3.93. The molecule has 2 atom stereocenters. The number of aromatic nitrogens is 2. The van der Waals surface area contributed by atoms with Crippen LogP contribution in [0.1, 0.15) is 46.2 Å². The number of nitrogens with zero attached hydrogens (tertiary/aromatic N) is 5. The second-order valence-corrected chi connectivity index (χ2v) is 9.59. The van der Waals surface area contributed by atoms with Crippen molar-refractivity contribution in [3.05, 3.63) is 46.3 Å². The van der Waals surface area contributed by atoms with Gasteiger partial charge in [0.25, 0.3) is 5.91 Å². The first kappa shape index (κ1) is 25.0. The average molecular weight is 490 g/mol. The van der Waals surface area contributed by atoms with Crippen molar-refractivity contribution >= 4 is 11.6 Å². The molecule has 0 radical (unpaired) electrons. The third-order valence-corrected chi connectivity index (χ3v) is 7.53. The Kier molecular flexibility index (Phi) is 6.58. The molecule has 2 aliphatic rings. The highest BCUT2D eigenvalue weighted by atomic mass is 19.4. The van der Waals surface area contributed by atoms with E-state index in [1.165, 1.54) is 6.07 Å². The Bertz CT molecular complexity index is 1170.